The molecule has 0 aliphatic heterocycles. The lowest BCUT2D eigenvalue weighted by molar-refractivity contribution is 0.0876. The van der Waals surface area contributed by atoms with Crippen LogP contribution in [0.25, 0.3) is 16.6 Å². The summed E-state index contributed by atoms with van der Waals surface area (Å²) in [6.07, 6.45) is 0.704. The van der Waals surface area contributed by atoms with Crippen LogP contribution in [0.5, 0.6) is 0 Å². The minimum atomic E-state index is -1.13. The van der Waals surface area contributed by atoms with Crippen LogP contribution in [0, 0.1) is 0 Å². The molecule has 0 amide bonds. The quantitative estimate of drug-likeness (QED) is 0.492. The van der Waals surface area contributed by atoms with Gasteiger partial charge in [-0.05, 0) is 17.2 Å². The molecule has 0 spiro atoms. The second-order valence-electron chi connectivity index (χ2n) is 6.24. The van der Waals surface area contributed by atoms with Crippen molar-refractivity contribution in [3.8, 4) is 11.1 Å². The van der Waals surface area contributed by atoms with Gasteiger partial charge in [-0.25, -0.2) is 9.50 Å². The van der Waals surface area contributed by atoms with Gasteiger partial charge < -0.3 is 15.5 Å². The van der Waals surface area contributed by atoms with Gasteiger partial charge in [-0.1, -0.05) is 60.7 Å². The van der Waals surface area contributed by atoms with Crippen molar-refractivity contribution < 1.29 is 10.2 Å². The van der Waals surface area contributed by atoms with E-state index in [2.05, 4.69) is 15.4 Å². The maximum Gasteiger partial charge on any atom is 0.182 e. The number of nitrogens with zero attached hydrogens (tertiary/aromatic N) is 3. The first kappa shape index (κ1) is 17.2. The van der Waals surface area contributed by atoms with Crippen LogP contribution >= 0.6 is 0 Å². The molecule has 0 saturated heterocycles. The lowest BCUT2D eigenvalue weighted by Gasteiger charge is -2.13. The molecule has 1 unspecified atom stereocenters. The number of rotatable bonds is 6. The summed E-state index contributed by atoms with van der Waals surface area (Å²) in [5.41, 5.74) is 4.00. The van der Waals surface area contributed by atoms with E-state index in [0.29, 0.717) is 12.4 Å². The van der Waals surface area contributed by atoms with Crippen LogP contribution in [0.3, 0.4) is 0 Å². The Hall–Kier alpha value is -3.22. The molecule has 0 aliphatic carbocycles. The molecule has 0 radical (unpaired) electrons. The molecule has 3 N–H and O–H groups in total. The maximum atomic E-state index is 10.0. The van der Waals surface area contributed by atoms with Crippen molar-refractivity contribution >= 4 is 11.3 Å². The average molecular weight is 360 g/mol. The minimum Gasteiger partial charge on any atom is -0.393 e. The molecule has 2 aromatic carbocycles. The topological polar surface area (TPSA) is 82.7 Å². The van der Waals surface area contributed by atoms with Crippen molar-refractivity contribution in [2.24, 2.45) is 0 Å². The minimum absolute atomic E-state index is 0.177. The number of hydrogen-bond acceptors (Lipinski definition) is 5. The summed E-state index contributed by atoms with van der Waals surface area (Å²) in [4.78, 5) is 4.49. The Morgan fingerprint density at radius 1 is 0.963 bits per heavy atom. The standard InChI is InChI=1S/C21H20N4O2/c26-14-18(27)20-23-21(22-13-15-7-3-1-4-8-15)19-17(11-12-25(19)24-20)16-9-5-2-6-10-16/h1-12,18,26-27H,13-14H2,(H,22,23,24). The molecule has 4 aromatic rings. The highest BCUT2D eigenvalue weighted by Gasteiger charge is 2.17. The molecule has 6 heteroatoms. The van der Waals surface area contributed by atoms with E-state index in [1.54, 1.807) is 4.52 Å². The van der Waals surface area contributed by atoms with E-state index >= 15 is 0 Å². The average Bonchev–Trinajstić information content (AvgIpc) is 3.17. The largest absolute Gasteiger partial charge is 0.393 e. The van der Waals surface area contributed by atoms with Gasteiger partial charge in [0.15, 0.2) is 11.6 Å². The molecule has 1 atom stereocenters. The van der Waals surface area contributed by atoms with Gasteiger partial charge in [0, 0.05) is 18.3 Å². The van der Waals surface area contributed by atoms with Crippen molar-refractivity contribution in [2.45, 2.75) is 12.6 Å². The predicted molar refractivity (Wildman–Crippen MR) is 104 cm³/mol. The summed E-state index contributed by atoms with van der Waals surface area (Å²) in [6.45, 7) is 0.151. The first-order valence-corrected chi connectivity index (χ1v) is 8.77. The van der Waals surface area contributed by atoms with Gasteiger partial charge in [-0.2, -0.15) is 0 Å². The van der Waals surface area contributed by atoms with Crippen molar-refractivity contribution in [3.63, 3.8) is 0 Å². The van der Waals surface area contributed by atoms with E-state index in [9.17, 15) is 10.2 Å². The van der Waals surface area contributed by atoms with Crippen molar-refractivity contribution in [3.05, 3.63) is 84.3 Å². The number of hydrogen-bond donors (Lipinski definition) is 3. The number of benzene rings is 2. The van der Waals surface area contributed by atoms with Crippen LogP contribution in [0.4, 0.5) is 5.82 Å². The molecule has 136 valence electrons. The summed E-state index contributed by atoms with van der Waals surface area (Å²) in [5.74, 6) is 0.788. The third kappa shape index (κ3) is 3.53. The van der Waals surface area contributed by atoms with E-state index < -0.39 is 12.7 Å². The third-order valence-electron chi connectivity index (χ3n) is 4.39. The molecule has 0 fully saturated rings. The van der Waals surface area contributed by atoms with Crippen LogP contribution in [0.1, 0.15) is 17.5 Å². The van der Waals surface area contributed by atoms with E-state index in [-0.39, 0.29) is 5.82 Å². The molecule has 0 aliphatic rings. The van der Waals surface area contributed by atoms with Gasteiger partial charge in [-0.3, -0.25) is 0 Å². The second-order valence-corrected chi connectivity index (χ2v) is 6.24. The van der Waals surface area contributed by atoms with Crippen LogP contribution in [0.2, 0.25) is 0 Å². The highest BCUT2D eigenvalue weighted by molar-refractivity contribution is 5.88. The van der Waals surface area contributed by atoms with Gasteiger partial charge in [0.1, 0.15) is 11.6 Å². The van der Waals surface area contributed by atoms with Crippen LogP contribution in [-0.2, 0) is 6.54 Å². The van der Waals surface area contributed by atoms with Gasteiger partial charge in [0.25, 0.3) is 0 Å². The summed E-state index contributed by atoms with van der Waals surface area (Å²) < 4.78 is 1.69. The Balaban J connectivity index is 1.80. The molecule has 2 aromatic heterocycles. The molecule has 6 nitrogen and oxygen atoms in total. The Bertz CT molecular complexity index is 1030. The monoisotopic (exact) mass is 360 g/mol. The highest BCUT2D eigenvalue weighted by Crippen LogP contribution is 2.30. The summed E-state index contributed by atoms with van der Waals surface area (Å²) >= 11 is 0. The van der Waals surface area contributed by atoms with Gasteiger partial charge in [-0.15, -0.1) is 5.10 Å². The lowest BCUT2D eigenvalue weighted by atomic mass is 10.1. The van der Waals surface area contributed by atoms with Crippen LogP contribution in [-0.4, -0.2) is 31.4 Å². The zero-order valence-corrected chi connectivity index (χ0v) is 14.7. The fraction of sp³-hybridized carbons (Fsp3) is 0.143. The zero-order chi connectivity index (χ0) is 18.6. The molecule has 4 rings (SSSR count). The van der Waals surface area contributed by atoms with E-state index in [1.165, 1.54) is 0 Å². The van der Waals surface area contributed by atoms with Crippen molar-refractivity contribution in [1.82, 2.24) is 14.6 Å². The molecule has 0 saturated carbocycles. The van der Waals surface area contributed by atoms with Crippen molar-refractivity contribution in [1.29, 1.82) is 0 Å². The first-order chi connectivity index (χ1) is 13.3. The molecular formula is C21H20N4O2. The lowest BCUT2D eigenvalue weighted by Crippen LogP contribution is -2.14. The smallest absolute Gasteiger partial charge is 0.182 e. The maximum absolute atomic E-state index is 10.0. The van der Waals surface area contributed by atoms with Crippen LogP contribution < -0.4 is 5.32 Å². The number of anilines is 1. The van der Waals surface area contributed by atoms with E-state index in [0.717, 1.165) is 22.2 Å². The second kappa shape index (κ2) is 7.57. The number of aliphatic hydroxyl groups is 2. The number of nitrogens with one attached hydrogen (secondary N) is 1. The molecule has 27 heavy (non-hydrogen) atoms. The van der Waals surface area contributed by atoms with Crippen LogP contribution in [0.15, 0.2) is 72.9 Å². The summed E-state index contributed by atoms with van der Waals surface area (Å²) in [6, 6.07) is 22.0. The highest BCUT2D eigenvalue weighted by atomic mass is 16.3. The molecule has 0 bridgehead atoms. The fourth-order valence-electron chi connectivity index (χ4n) is 3.02. The number of aliphatic hydroxyl groups excluding tert-OH is 2. The first-order valence-electron chi connectivity index (χ1n) is 8.77. The fourth-order valence-corrected chi connectivity index (χ4v) is 3.02. The summed E-state index contributed by atoms with van der Waals surface area (Å²) in [5, 5.41) is 27.0. The van der Waals surface area contributed by atoms with E-state index in [1.807, 2.05) is 72.9 Å². The summed E-state index contributed by atoms with van der Waals surface area (Å²) in [7, 11) is 0. The third-order valence-corrected chi connectivity index (χ3v) is 4.39. The Kier molecular flexibility index (Phi) is 4.82. The molecular weight excluding hydrogens is 340 g/mol. The van der Waals surface area contributed by atoms with Gasteiger partial charge in [0.05, 0.1) is 6.61 Å². The number of fused-ring (bicyclic) bond motifs is 1. The Morgan fingerprint density at radius 3 is 2.37 bits per heavy atom. The van der Waals surface area contributed by atoms with Crippen molar-refractivity contribution in [2.75, 3.05) is 11.9 Å². The normalized spacial score (nSPS) is 12.2. The van der Waals surface area contributed by atoms with Gasteiger partial charge >= 0.3 is 0 Å². The zero-order valence-electron chi connectivity index (χ0n) is 14.7. The molecule has 2 heterocycles. The Labute approximate surface area is 156 Å². The Morgan fingerprint density at radius 2 is 1.67 bits per heavy atom. The number of aromatic nitrogens is 3. The predicted octanol–water partition coefficient (Wildman–Crippen LogP) is 3.03. The van der Waals surface area contributed by atoms with Gasteiger partial charge in [0.2, 0.25) is 0 Å². The van der Waals surface area contributed by atoms with E-state index in [4.69, 9.17) is 0 Å². The SMILES string of the molecule is OCC(O)c1nc(NCc2ccccc2)c2c(-c3ccccc3)ccn2n1.